The van der Waals surface area contributed by atoms with Gasteiger partial charge >= 0.3 is 0 Å². The first kappa shape index (κ1) is 14.8. The van der Waals surface area contributed by atoms with Gasteiger partial charge in [-0.05, 0) is 64.0 Å². The molecule has 0 aromatic carbocycles. The van der Waals surface area contributed by atoms with E-state index in [2.05, 4.69) is 17.1 Å². The topological polar surface area (TPSA) is 35.5 Å². The number of nitrogens with one attached hydrogen (secondary N) is 1. The van der Waals surface area contributed by atoms with Crippen molar-refractivity contribution in [3.05, 3.63) is 0 Å². The molecule has 3 fully saturated rings. The molecule has 1 atom stereocenters. The molecule has 0 aromatic heterocycles. The summed E-state index contributed by atoms with van der Waals surface area (Å²) in [6.07, 6.45) is 12.7. The maximum Gasteiger partial charge on any atom is 0.0623 e. The first-order valence-electron chi connectivity index (χ1n) is 8.74. The summed E-state index contributed by atoms with van der Waals surface area (Å²) in [5.41, 5.74) is 0.590. The molecule has 3 aliphatic rings. The molecule has 0 aromatic rings. The van der Waals surface area contributed by atoms with Crippen molar-refractivity contribution in [1.29, 1.82) is 0 Å². The Morgan fingerprint density at radius 3 is 2.30 bits per heavy atom. The Hall–Kier alpha value is -0.120. The van der Waals surface area contributed by atoms with E-state index in [-0.39, 0.29) is 12.1 Å². The minimum atomic E-state index is -0.0990. The van der Waals surface area contributed by atoms with Gasteiger partial charge in [0.15, 0.2) is 0 Å². The van der Waals surface area contributed by atoms with Gasteiger partial charge in [0.25, 0.3) is 0 Å². The monoisotopic (exact) mass is 280 g/mol. The Morgan fingerprint density at radius 2 is 1.75 bits per heavy atom. The smallest absolute Gasteiger partial charge is 0.0623 e. The summed E-state index contributed by atoms with van der Waals surface area (Å²) in [4.78, 5) is 2.59. The molecule has 0 amide bonds. The van der Waals surface area contributed by atoms with Crippen molar-refractivity contribution in [2.45, 2.75) is 76.3 Å². The van der Waals surface area contributed by atoms with Crippen LogP contribution in [0.2, 0.25) is 0 Å². The van der Waals surface area contributed by atoms with Crippen LogP contribution in [0.5, 0.6) is 0 Å². The van der Waals surface area contributed by atoms with Crippen molar-refractivity contribution in [2.75, 3.05) is 26.2 Å². The summed E-state index contributed by atoms with van der Waals surface area (Å²) in [6.45, 7) is 5.93. The number of rotatable bonds is 5. The average Bonchev–Trinajstić information content (AvgIpc) is 3.27. The SMILES string of the molecule is CC(CO)(CN1CCC2(CCCCC2)CC1)NC1CC1. The second kappa shape index (κ2) is 5.94. The second-order valence-electron chi connectivity index (χ2n) is 7.97. The van der Waals surface area contributed by atoms with Gasteiger partial charge < -0.3 is 15.3 Å². The number of hydrogen-bond acceptors (Lipinski definition) is 3. The first-order valence-corrected chi connectivity index (χ1v) is 8.74. The maximum absolute atomic E-state index is 9.75. The molecule has 20 heavy (non-hydrogen) atoms. The Balaban J connectivity index is 1.49. The molecule has 116 valence electrons. The van der Waals surface area contributed by atoms with Crippen molar-refractivity contribution in [3.8, 4) is 0 Å². The Labute approximate surface area is 124 Å². The summed E-state index contributed by atoms with van der Waals surface area (Å²) >= 11 is 0. The van der Waals surface area contributed by atoms with Crippen LogP contribution in [0, 0.1) is 5.41 Å². The zero-order valence-electron chi connectivity index (χ0n) is 13.2. The lowest BCUT2D eigenvalue weighted by molar-refractivity contribution is 0.0415. The first-order chi connectivity index (χ1) is 9.63. The number of piperidine rings is 1. The molecule has 3 nitrogen and oxygen atoms in total. The van der Waals surface area contributed by atoms with Crippen LogP contribution in [0.3, 0.4) is 0 Å². The van der Waals surface area contributed by atoms with Gasteiger partial charge in [-0.1, -0.05) is 19.3 Å². The lowest BCUT2D eigenvalue weighted by Crippen LogP contribution is -2.56. The third-order valence-corrected chi connectivity index (χ3v) is 5.88. The molecule has 2 N–H and O–H groups in total. The molecule has 1 spiro atoms. The Morgan fingerprint density at radius 1 is 1.10 bits per heavy atom. The molecule has 2 saturated carbocycles. The quantitative estimate of drug-likeness (QED) is 0.812. The van der Waals surface area contributed by atoms with E-state index in [0.717, 1.165) is 6.54 Å². The summed E-state index contributed by atoms with van der Waals surface area (Å²) in [6, 6.07) is 0.668. The van der Waals surface area contributed by atoms with Gasteiger partial charge in [0.05, 0.1) is 12.1 Å². The Kier molecular flexibility index (Phi) is 4.40. The van der Waals surface area contributed by atoms with E-state index >= 15 is 0 Å². The molecule has 1 saturated heterocycles. The fourth-order valence-electron chi connectivity index (χ4n) is 4.34. The van der Waals surface area contributed by atoms with Gasteiger partial charge in [-0.2, -0.15) is 0 Å². The van der Waals surface area contributed by atoms with Crippen molar-refractivity contribution >= 4 is 0 Å². The van der Waals surface area contributed by atoms with Crippen LogP contribution in [-0.2, 0) is 0 Å². The fraction of sp³-hybridized carbons (Fsp3) is 1.00. The number of aliphatic hydroxyl groups is 1. The predicted molar refractivity (Wildman–Crippen MR) is 82.8 cm³/mol. The minimum Gasteiger partial charge on any atom is -0.394 e. The van der Waals surface area contributed by atoms with Crippen molar-refractivity contribution < 1.29 is 5.11 Å². The van der Waals surface area contributed by atoms with Gasteiger partial charge in [0.2, 0.25) is 0 Å². The van der Waals surface area contributed by atoms with Crippen LogP contribution >= 0.6 is 0 Å². The number of aliphatic hydroxyl groups excluding tert-OH is 1. The molecule has 0 radical (unpaired) electrons. The molecular weight excluding hydrogens is 248 g/mol. The summed E-state index contributed by atoms with van der Waals surface area (Å²) in [5, 5.41) is 13.4. The van der Waals surface area contributed by atoms with Crippen LogP contribution < -0.4 is 5.32 Å². The molecule has 3 heteroatoms. The summed E-state index contributed by atoms with van der Waals surface area (Å²) in [7, 11) is 0. The van der Waals surface area contributed by atoms with E-state index in [1.807, 2.05) is 0 Å². The molecule has 1 unspecified atom stereocenters. The van der Waals surface area contributed by atoms with Crippen LogP contribution in [-0.4, -0.2) is 47.8 Å². The predicted octanol–water partition coefficient (Wildman–Crippen LogP) is 2.54. The highest BCUT2D eigenvalue weighted by Gasteiger charge is 2.38. The van der Waals surface area contributed by atoms with E-state index in [9.17, 15) is 5.11 Å². The molecular formula is C17H32N2O. The van der Waals surface area contributed by atoms with Crippen molar-refractivity contribution in [3.63, 3.8) is 0 Å². The van der Waals surface area contributed by atoms with Crippen LogP contribution in [0.15, 0.2) is 0 Å². The minimum absolute atomic E-state index is 0.0990. The van der Waals surface area contributed by atoms with Crippen LogP contribution in [0.4, 0.5) is 0 Å². The fourth-order valence-corrected chi connectivity index (χ4v) is 4.34. The maximum atomic E-state index is 9.75. The van der Waals surface area contributed by atoms with Crippen LogP contribution in [0.1, 0.15) is 64.7 Å². The molecule has 2 aliphatic carbocycles. The summed E-state index contributed by atoms with van der Waals surface area (Å²) in [5.74, 6) is 0. The number of nitrogens with zero attached hydrogens (tertiary/aromatic N) is 1. The van der Waals surface area contributed by atoms with Crippen LogP contribution in [0.25, 0.3) is 0 Å². The van der Waals surface area contributed by atoms with Gasteiger partial charge in [-0.3, -0.25) is 0 Å². The van der Waals surface area contributed by atoms with E-state index in [1.165, 1.54) is 70.9 Å². The molecule has 3 rings (SSSR count). The van der Waals surface area contributed by atoms with E-state index in [0.29, 0.717) is 11.5 Å². The lowest BCUT2D eigenvalue weighted by atomic mass is 9.68. The van der Waals surface area contributed by atoms with E-state index < -0.39 is 0 Å². The number of likely N-dealkylation sites (tertiary alicyclic amines) is 1. The van der Waals surface area contributed by atoms with E-state index in [4.69, 9.17) is 0 Å². The zero-order valence-corrected chi connectivity index (χ0v) is 13.2. The lowest BCUT2D eigenvalue weighted by Gasteiger charge is -2.46. The highest BCUT2D eigenvalue weighted by molar-refractivity contribution is 4.96. The second-order valence-corrected chi connectivity index (χ2v) is 7.97. The Bertz CT molecular complexity index is 313. The normalized spacial score (nSPS) is 30.3. The van der Waals surface area contributed by atoms with Gasteiger partial charge in [-0.25, -0.2) is 0 Å². The largest absolute Gasteiger partial charge is 0.394 e. The summed E-state index contributed by atoms with van der Waals surface area (Å²) < 4.78 is 0. The van der Waals surface area contributed by atoms with Crippen molar-refractivity contribution in [1.82, 2.24) is 10.2 Å². The molecule has 1 heterocycles. The molecule has 0 bridgehead atoms. The van der Waals surface area contributed by atoms with E-state index in [1.54, 1.807) is 0 Å². The zero-order chi connectivity index (χ0) is 14.1. The standard InChI is InChI=1S/C17H32N2O/c1-16(14-20,18-15-5-6-15)13-19-11-9-17(10-12-19)7-3-2-4-8-17/h15,18,20H,2-14H2,1H3. The third-order valence-electron chi connectivity index (χ3n) is 5.88. The average molecular weight is 280 g/mol. The number of hydrogen-bond donors (Lipinski definition) is 2. The third kappa shape index (κ3) is 3.55. The van der Waals surface area contributed by atoms with Crippen molar-refractivity contribution in [2.24, 2.45) is 5.41 Å². The van der Waals surface area contributed by atoms with Gasteiger partial charge in [-0.15, -0.1) is 0 Å². The highest BCUT2D eigenvalue weighted by Crippen LogP contribution is 2.44. The van der Waals surface area contributed by atoms with Gasteiger partial charge in [0.1, 0.15) is 0 Å². The molecule has 1 aliphatic heterocycles. The van der Waals surface area contributed by atoms with Gasteiger partial charge in [0, 0.05) is 12.6 Å². The highest BCUT2D eigenvalue weighted by atomic mass is 16.3.